The van der Waals surface area contributed by atoms with E-state index in [9.17, 15) is 14.4 Å². The summed E-state index contributed by atoms with van der Waals surface area (Å²) in [5.41, 5.74) is 2.75. The minimum Gasteiger partial charge on any atom is -0.370 e. The topological polar surface area (TPSA) is 104 Å². The van der Waals surface area contributed by atoms with E-state index in [4.69, 9.17) is 16.3 Å². The third-order valence-electron chi connectivity index (χ3n) is 6.75. The maximum absolute atomic E-state index is 13.1. The lowest BCUT2D eigenvalue weighted by atomic mass is 9.83. The molecule has 35 heavy (non-hydrogen) atoms. The number of anilines is 2. The summed E-state index contributed by atoms with van der Waals surface area (Å²) in [6.45, 7) is 1.10. The van der Waals surface area contributed by atoms with Crippen LogP contribution in [0.2, 0.25) is 5.02 Å². The summed E-state index contributed by atoms with van der Waals surface area (Å²) < 4.78 is 5.18. The molecule has 0 unspecified atom stereocenters. The van der Waals surface area contributed by atoms with Crippen molar-refractivity contribution >= 4 is 51.6 Å². The Morgan fingerprint density at radius 3 is 2.69 bits per heavy atom. The summed E-state index contributed by atoms with van der Waals surface area (Å²) in [4.78, 5) is 42.9. The summed E-state index contributed by atoms with van der Waals surface area (Å²) in [6, 6.07) is 12.3. The molecule has 1 aromatic heterocycles. The number of carbonyl (C=O) groups is 3. The smallest absolute Gasteiger partial charge is 0.253 e. The Hall–Kier alpha value is -3.36. The Morgan fingerprint density at radius 1 is 1.09 bits per heavy atom. The van der Waals surface area contributed by atoms with Crippen molar-refractivity contribution in [1.82, 2.24) is 10.3 Å². The van der Waals surface area contributed by atoms with E-state index in [1.807, 2.05) is 18.2 Å². The number of halogens is 1. The minimum absolute atomic E-state index is 0.0765. The molecule has 2 fully saturated rings. The van der Waals surface area contributed by atoms with E-state index in [-0.39, 0.29) is 36.3 Å². The van der Waals surface area contributed by atoms with Crippen LogP contribution in [0.4, 0.5) is 11.4 Å². The summed E-state index contributed by atoms with van der Waals surface area (Å²) in [6.07, 6.45) is 5.05. The first-order chi connectivity index (χ1) is 17.0. The zero-order chi connectivity index (χ0) is 24.4. The van der Waals surface area contributed by atoms with Crippen molar-refractivity contribution < 1.29 is 19.1 Å². The van der Waals surface area contributed by atoms with Crippen LogP contribution in [0, 0.1) is 5.92 Å². The number of nitrogens with zero attached hydrogens (tertiary/aromatic N) is 1. The van der Waals surface area contributed by atoms with Crippen LogP contribution in [0.3, 0.4) is 0 Å². The highest BCUT2D eigenvalue weighted by molar-refractivity contribution is 6.35. The molecule has 1 saturated heterocycles. The van der Waals surface area contributed by atoms with Crippen LogP contribution in [0.15, 0.2) is 48.7 Å². The van der Waals surface area contributed by atoms with Gasteiger partial charge in [-0.25, -0.2) is 0 Å². The first-order valence-electron chi connectivity index (χ1n) is 11.9. The number of hydrogen-bond donors (Lipinski definition) is 3. The predicted molar refractivity (Wildman–Crippen MR) is 135 cm³/mol. The van der Waals surface area contributed by atoms with Crippen molar-refractivity contribution in [3.05, 3.63) is 59.2 Å². The number of hydrogen-bond acceptors (Lipinski definition) is 4. The number of H-pyrrole nitrogens is 1. The van der Waals surface area contributed by atoms with Gasteiger partial charge in [0.15, 0.2) is 0 Å². The second-order valence-electron chi connectivity index (χ2n) is 9.00. The second kappa shape index (κ2) is 10.1. The van der Waals surface area contributed by atoms with Gasteiger partial charge >= 0.3 is 0 Å². The number of aromatic amines is 1. The number of aromatic nitrogens is 1. The van der Waals surface area contributed by atoms with Gasteiger partial charge in [-0.2, -0.15) is 0 Å². The number of benzene rings is 2. The van der Waals surface area contributed by atoms with Gasteiger partial charge in [0.2, 0.25) is 5.91 Å². The highest BCUT2D eigenvalue weighted by atomic mass is 35.5. The summed E-state index contributed by atoms with van der Waals surface area (Å²) in [7, 11) is 0. The van der Waals surface area contributed by atoms with Crippen LogP contribution in [0.1, 0.15) is 36.0 Å². The fourth-order valence-electron chi connectivity index (χ4n) is 4.85. The van der Waals surface area contributed by atoms with Gasteiger partial charge < -0.3 is 25.3 Å². The maximum atomic E-state index is 13.1. The molecule has 3 amide bonds. The van der Waals surface area contributed by atoms with E-state index in [0.29, 0.717) is 35.8 Å². The van der Waals surface area contributed by atoms with Crippen molar-refractivity contribution in [3.8, 4) is 0 Å². The van der Waals surface area contributed by atoms with E-state index >= 15 is 0 Å². The number of amides is 3. The minimum atomic E-state index is -0.322. The normalized spacial score (nSPS) is 20.6. The molecule has 8 nitrogen and oxygen atoms in total. The maximum Gasteiger partial charge on any atom is 0.253 e. The van der Waals surface area contributed by atoms with Gasteiger partial charge in [-0.1, -0.05) is 30.5 Å². The highest BCUT2D eigenvalue weighted by Crippen LogP contribution is 2.28. The second-order valence-corrected chi connectivity index (χ2v) is 9.41. The van der Waals surface area contributed by atoms with Gasteiger partial charge in [0.05, 0.1) is 17.5 Å². The summed E-state index contributed by atoms with van der Waals surface area (Å²) in [5.74, 6) is -0.720. The lowest BCUT2D eigenvalue weighted by Gasteiger charge is -2.31. The third kappa shape index (κ3) is 5.04. The number of fused-ring (bicyclic) bond motifs is 1. The molecule has 2 aliphatic rings. The standard InChI is InChI=1S/C26H27ClN4O4/c27-21-14-28-23-13-16(5-10-19(21)23)25(33)30-22-4-2-1-3-20(22)26(34)29-17-6-8-18(9-7-17)31-11-12-35-15-24(31)32/h5-10,13-14,20,22,28H,1-4,11-12,15H2,(H,29,34)(H,30,33)/t20-,22+/m0/s1. The SMILES string of the molecule is O=C(N[C@@H]1CCCC[C@@H]1C(=O)Nc1ccc(N2CCOCC2=O)cc1)c1ccc2c(Cl)c[nH]c2c1. The average molecular weight is 495 g/mol. The Labute approximate surface area is 208 Å². The predicted octanol–water partition coefficient (Wildman–Crippen LogP) is 4.11. The molecular weight excluding hydrogens is 468 g/mol. The molecule has 0 spiro atoms. The van der Waals surface area contributed by atoms with Crippen molar-refractivity contribution in [1.29, 1.82) is 0 Å². The molecule has 2 aromatic carbocycles. The van der Waals surface area contributed by atoms with Crippen molar-refractivity contribution in [2.24, 2.45) is 5.92 Å². The first kappa shape index (κ1) is 23.4. The quantitative estimate of drug-likeness (QED) is 0.496. The average Bonchev–Trinajstić information content (AvgIpc) is 3.25. The fourth-order valence-corrected chi connectivity index (χ4v) is 5.07. The number of nitrogens with one attached hydrogen (secondary N) is 3. The van der Waals surface area contributed by atoms with Crippen LogP contribution >= 0.6 is 11.6 Å². The van der Waals surface area contributed by atoms with Crippen molar-refractivity contribution in [3.63, 3.8) is 0 Å². The monoisotopic (exact) mass is 494 g/mol. The molecule has 9 heteroatoms. The Bertz CT molecular complexity index is 1260. The molecule has 2 heterocycles. The molecular formula is C26H27ClN4O4. The van der Waals surface area contributed by atoms with Crippen LogP contribution < -0.4 is 15.5 Å². The third-order valence-corrected chi connectivity index (χ3v) is 7.06. The van der Waals surface area contributed by atoms with Gasteiger partial charge in [0.1, 0.15) is 6.61 Å². The highest BCUT2D eigenvalue weighted by Gasteiger charge is 2.32. The number of morpholine rings is 1. The van der Waals surface area contributed by atoms with E-state index in [1.165, 1.54) is 0 Å². The zero-order valence-corrected chi connectivity index (χ0v) is 19.9. The van der Waals surface area contributed by atoms with Crippen LogP contribution in [0.25, 0.3) is 10.9 Å². The van der Waals surface area contributed by atoms with Crippen molar-refractivity contribution in [2.45, 2.75) is 31.7 Å². The van der Waals surface area contributed by atoms with E-state index < -0.39 is 0 Å². The number of carbonyl (C=O) groups excluding carboxylic acids is 3. The Morgan fingerprint density at radius 2 is 1.89 bits per heavy atom. The lowest BCUT2D eigenvalue weighted by Crippen LogP contribution is -2.46. The van der Waals surface area contributed by atoms with Gasteiger partial charge in [-0.15, -0.1) is 0 Å². The van der Waals surface area contributed by atoms with Crippen molar-refractivity contribution in [2.75, 3.05) is 30.0 Å². The Balaban J connectivity index is 1.24. The van der Waals surface area contributed by atoms with E-state index in [0.717, 1.165) is 35.9 Å². The number of rotatable bonds is 5. The molecule has 1 aliphatic heterocycles. The lowest BCUT2D eigenvalue weighted by molar-refractivity contribution is -0.125. The Kier molecular flexibility index (Phi) is 6.74. The van der Waals surface area contributed by atoms with Crippen LogP contribution in [-0.2, 0) is 14.3 Å². The van der Waals surface area contributed by atoms with Crippen LogP contribution in [0.5, 0.6) is 0 Å². The molecule has 182 valence electrons. The van der Waals surface area contributed by atoms with Crippen LogP contribution in [-0.4, -0.2) is 48.5 Å². The molecule has 0 radical (unpaired) electrons. The molecule has 1 aliphatic carbocycles. The van der Waals surface area contributed by atoms with Gasteiger partial charge in [-0.3, -0.25) is 14.4 Å². The molecule has 3 aromatic rings. The van der Waals surface area contributed by atoms with Gasteiger partial charge in [0, 0.05) is 46.6 Å². The zero-order valence-electron chi connectivity index (χ0n) is 19.2. The van der Waals surface area contributed by atoms with Gasteiger partial charge in [-0.05, 0) is 49.2 Å². The molecule has 5 rings (SSSR count). The van der Waals surface area contributed by atoms with Gasteiger partial charge in [0.25, 0.3) is 11.8 Å². The van der Waals surface area contributed by atoms with E-state index in [1.54, 1.807) is 35.4 Å². The summed E-state index contributed by atoms with van der Waals surface area (Å²) >= 11 is 6.14. The number of ether oxygens (including phenoxy) is 1. The fraction of sp³-hybridized carbons (Fsp3) is 0.346. The van der Waals surface area contributed by atoms with E-state index in [2.05, 4.69) is 15.6 Å². The largest absolute Gasteiger partial charge is 0.370 e. The molecule has 3 N–H and O–H groups in total. The molecule has 2 atom stereocenters. The first-order valence-corrected chi connectivity index (χ1v) is 12.2. The molecule has 0 bridgehead atoms. The summed E-state index contributed by atoms with van der Waals surface area (Å²) in [5, 5.41) is 7.54. The molecule has 1 saturated carbocycles.